The highest BCUT2D eigenvalue weighted by molar-refractivity contribution is 14.1. The first-order valence-corrected chi connectivity index (χ1v) is 7.48. The molecule has 1 amide bonds. The average molecular weight is 368 g/mol. The second-order valence-corrected chi connectivity index (χ2v) is 5.80. The molecule has 1 aromatic carbocycles. The minimum Gasteiger partial charge on any atom is -0.370 e. The van der Waals surface area contributed by atoms with E-state index < -0.39 is 0 Å². The molecule has 0 saturated carbocycles. The Kier molecular flexibility index (Phi) is 4.70. The van der Waals surface area contributed by atoms with Gasteiger partial charge in [-0.05, 0) is 72.9 Å². The highest BCUT2D eigenvalue weighted by atomic mass is 127. The molecule has 19 heavy (non-hydrogen) atoms. The van der Waals surface area contributed by atoms with Crippen molar-refractivity contribution < 1.29 is 4.79 Å². The molecule has 3 nitrogen and oxygen atoms in total. The largest absolute Gasteiger partial charge is 0.370 e. The molecule has 1 saturated heterocycles. The van der Waals surface area contributed by atoms with Crippen LogP contribution < -0.4 is 10.2 Å². The maximum Gasteiger partial charge on any atom is 0.300 e. The molecule has 0 aromatic heterocycles. The van der Waals surface area contributed by atoms with Crippen LogP contribution in [0.1, 0.15) is 25.3 Å². The van der Waals surface area contributed by atoms with Crippen LogP contribution >= 0.6 is 22.6 Å². The van der Waals surface area contributed by atoms with Crippen molar-refractivity contribution in [3.8, 4) is 11.8 Å². The lowest BCUT2D eigenvalue weighted by molar-refractivity contribution is -0.111. The fourth-order valence-corrected chi connectivity index (χ4v) is 2.71. The molecule has 2 rings (SSSR count). The fraction of sp³-hybridized carbons (Fsp3) is 0.400. The van der Waals surface area contributed by atoms with E-state index >= 15 is 0 Å². The van der Waals surface area contributed by atoms with Crippen molar-refractivity contribution in [2.24, 2.45) is 0 Å². The Balaban J connectivity index is 2.35. The predicted octanol–water partition coefficient (Wildman–Crippen LogP) is 3.16. The summed E-state index contributed by atoms with van der Waals surface area (Å²) in [6, 6.07) is 4.18. The summed E-state index contributed by atoms with van der Waals surface area (Å²) in [5.41, 5.74) is 3.15. The normalized spacial score (nSPS) is 13.9. The molecule has 0 spiro atoms. The van der Waals surface area contributed by atoms with Gasteiger partial charge in [-0.3, -0.25) is 4.79 Å². The van der Waals surface area contributed by atoms with E-state index in [1.54, 1.807) is 6.92 Å². The molecular formula is C15H17IN2O. The number of nitrogens with zero attached hydrogens (tertiary/aromatic N) is 1. The van der Waals surface area contributed by atoms with Gasteiger partial charge in [0.15, 0.2) is 0 Å². The van der Waals surface area contributed by atoms with Crippen molar-refractivity contribution in [1.82, 2.24) is 0 Å². The van der Waals surface area contributed by atoms with Crippen LogP contribution in [0.15, 0.2) is 12.1 Å². The summed E-state index contributed by atoms with van der Waals surface area (Å²) >= 11 is 2.34. The van der Waals surface area contributed by atoms with E-state index in [9.17, 15) is 4.79 Å². The zero-order valence-electron chi connectivity index (χ0n) is 11.2. The molecular weight excluding hydrogens is 351 g/mol. The van der Waals surface area contributed by atoms with Crippen molar-refractivity contribution >= 4 is 39.9 Å². The molecule has 0 radical (unpaired) electrons. The van der Waals surface area contributed by atoms with E-state index in [4.69, 9.17) is 0 Å². The summed E-state index contributed by atoms with van der Waals surface area (Å²) in [4.78, 5) is 14.0. The number of aryl methyl sites for hydroxylation is 1. The summed E-state index contributed by atoms with van der Waals surface area (Å²) in [6.45, 7) is 5.83. The van der Waals surface area contributed by atoms with Crippen LogP contribution in [0.4, 0.5) is 11.4 Å². The van der Waals surface area contributed by atoms with Gasteiger partial charge in [0.25, 0.3) is 5.91 Å². The SMILES string of the molecule is CC#CC(=O)Nc1cc(C)c(I)cc1N1CCCC1. The molecule has 0 unspecified atom stereocenters. The number of anilines is 2. The summed E-state index contributed by atoms with van der Waals surface area (Å²) in [5.74, 6) is 4.90. The van der Waals surface area contributed by atoms with Crippen molar-refractivity contribution in [1.29, 1.82) is 0 Å². The molecule has 0 aliphatic carbocycles. The minimum atomic E-state index is -0.247. The van der Waals surface area contributed by atoms with Gasteiger partial charge < -0.3 is 10.2 Å². The summed E-state index contributed by atoms with van der Waals surface area (Å²) in [6.07, 6.45) is 2.43. The Labute approximate surface area is 127 Å². The number of carbonyl (C=O) groups is 1. The zero-order chi connectivity index (χ0) is 13.8. The minimum absolute atomic E-state index is 0.247. The molecule has 1 aliphatic rings. The molecule has 0 atom stereocenters. The number of carbonyl (C=O) groups excluding carboxylic acids is 1. The van der Waals surface area contributed by atoms with Gasteiger partial charge in [0, 0.05) is 16.7 Å². The van der Waals surface area contributed by atoms with E-state index in [0.29, 0.717) is 0 Å². The number of hydrogen-bond acceptors (Lipinski definition) is 2. The van der Waals surface area contributed by atoms with Crippen LogP contribution in [0.5, 0.6) is 0 Å². The van der Waals surface area contributed by atoms with E-state index in [1.165, 1.54) is 22.0 Å². The zero-order valence-corrected chi connectivity index (χ0v) is 13.4. The van der Waals surface area contributed by atoms with Crippen molar-refractivity contribution in [3.63, 3.8) is 0 Å². The first-order valence-electron chi connectivity index (χ1n) is 6.40. The van der Waals surface area contributed by atoms with Crippen molar-refractivity contribution in [2.45, 2.75) is 26.7 Å². The fourth-order valence-electron chi connectivity index (χ4n) is 2.26. The van der Waals surface area contributed by atoms with Gasteiger partial charge in [-0.2, -0.15) is 0 Å². The van der Waals surface area contributed by atoms with Crippen molar-refractivity contribution in [3.05, 3.63) is 21.3 Å². The monoisotopic (exact) mass is 368 g/mol. The Bertz CT molecular complexity index is 551. The molecule has 4 heteroatoms. The second kappa shape index (κ2) is 6.29. The average Bonchev–Trinajstić information content (AvgIpc) is 2.87. The number of benzene rings is 1. The van der Waals surface area contributed by atoms with E-state index in [1.807, 2.05) is 6.07 Å². The molecule has 1 aliphatic heterocycles. The van der Waals surface area contributed by atoms with Crippen LogP contribution in [0.3, 0.4) is 0 Å². The quantitative estimate of drug-likeness (QED) is 0.643. The van der Waals surface area contributed by atoms with Gasteiger partial charge in [-0.1, -0.05) is 5.92 Å². The summed E-state index contributed by atoms with van der Waals surface area (Å²) in [5, 5.41) is 2.90. The van der Waals surface area contributed by atoms with Crippen LogP contribution in [0.2, 0.25) is 0 Å². The molecule has 1 aromatic rings. The Morgan fingerprint density at radius 2 is 2.05 bits per heavy atom. The number of amides is 1. The number of hydrogen-bond donors (Lipinski definition) is 1. The van der Waals surface area contributed by atoms with Crippen LogP contribution in [-0.2, 0) is 4.79 Å². The molecule has 1 fully saturated rings. The maximum absolute atomic E-state index is 11.7. The van der Waals surface area contributed by atoms with Gasteiger partial charge >= 0.3 is 0 Å². The number of halogens is 1. The highest BCUT2D eigenvalue weighted by Crippen LogP contribution is 2.32. The Morgan fingerprint density at radius 1 is 1.37 bits per heavy atom. The lowest BCUT2D eigenvalue weighted by Crippen LogP contribution is -2.21. The van der Waals surface area contributed by atoms with Gasteiger partial charge in [-0.15, -0.1) is 0 Å². The standard InChI is InChI=1S/C15H17IN2O/c1-3-6-15(19)17-13-9-11(2)12(16)10-14(13)18-7-4-5-8-18/h9-10H,4-5,7-8H2,1-2H3,(H,17,19). The number of rotatable bonds is 2. The molecule has 1 heterocycles. The summed E-state index contributed by atoms with van der Waals surface area (Å²) < 4.78 is 1.22. The topological polar surface area (TPSA) is 32.3 Å². The maximum atomic E-state index is 11.7. The lowest BCUT2D eigenvalue weighted by Gasteiger charge is -2.22. The third-order valence-electron chi connectivity index (χ3n) is 3.21. The highest BCUT2D eigenvalue weighted by Gasteiger charge is 2.18. The molecule has 1 N–H and O–H groups in total. The Morgan fingerprint density at radius 3 is 2.68 bits per heavy atom. The predicted molar refractivity (Wildman–Crippen MR) is 87.4 cm³/mol. The first-order chi connectivity index (χ1) is 9.11. The second-order valence-electron chi connectivity index (χ2n) is 4.64. The van der Waals surface area contributed by atoms with Crippen LogP contribution in [0, 0.1) is 22.3 Å². The van der Waals surface area contributed by atoms with Crippen LogP contribution in [0.25, 0.3) is 0 Å². The van der Waals surface area contributed by atoms with Crippen molar-refractivity contribution in [2.75, 3.05) is 23.3 Å². The van der Waals surface area contributed by atoms with Gasteiger partial charge in [0.1, 0.15) is 0 Å². The number of nitrogens with one attached hydrogen (secondary N) is 1. The molecule has 0 bridgehead atoms. The summed E-state index contributed by atoms with van der Waals surface area (Å²) in [7, 11) is 0. The first kappa shape index (κ1) is 14.2. The third-order valence-corrected chi connectivity index (χ3v) is 4.37. The third kappa shape index (κ3) is 3.41. The smallest absolute Gasteiger partial charge is 0.300 e. The van der Waals surface area contributed by atoms with E-state index in [2.05, 4.69) is 57.6 Å². The lowest BCUT2D eigenvalue weighted by atomic mass is 10.1. The molecule has 100 valence electrons. The van der Waals surface area contributed by atoms with Crippen LogP contribution in [-0.4, -0.2) is 19.0 Å². The van der Waals surface area contributed by atoms with Gasteiger partial charge in [0.2, 0.25) is 0 Å². The van der Waals surface area contributed by atoms with Gasteiger partial charge in [-0.25, -0.2) is 0 Å². The van der Waals surface area contributed by atoms with E-state index in [0.717, 1.165) is 24.5 Å². The van der Waals surface area contributed by atoms with E-state index in [-0.39, 0.29) is 5.91 Å². The van der Waals surface area contributed by atoms with Gasteiger partial charge in [0.05, 0.1) is 11.4 Å². The Hall–Kier alpha value is -1.22.